The lowest BCUT2D eigenvalue weighted by molar-refractivity contribution is -0.136. The van der Waals surface area contributed by atoms with Crippen LogP contribution < -0.4 is 4.74 Å². The van der Waals surface area contributed by atoms with Gasteiger partial charge in [0.15, 0.2) is 0 Å². The third-order valence-electron chi connectivity index (χ3n) is 5.20. The SMILES string of the molecule is CN(CCc1ccccc1)C(=O)Cc1cc(CC(=O)O)cc(OCC=Cc2ccccc2)c1. The minimum absolute atomic E-state index is 0.0201. The van der Waals surface area contributed by atoms with Crippen molar-refractivity contribution in [3.63, 3.8) is 0 Å². The first kappa shape index (κ1) is 23.8. The van der Waals surface area contributed by atoms with E-state index in [0.717, 1.165) is 17.5 Å². The van der Waals surface area contributed by atoms with Gasteiger partial charge in [-0.2, -0.15) is 0 Å². The molecule has 0 unspecified atom stereocenters. The summed E-state index contributed by atoms with van der Waals surface area (Å²) in [4.78, 5) is 25.7. The van der Waals surface area contributed by atoms with Gasteiger partial charge in [0.1, 0.15) is 12.4 Å². The van der Waals surface area contributed by atoms with Gasteiger partial charge in [-0.05, 0) is 46.9 Å². The quantitative estimate of drug-likeness (QED) is 0.469. The minimum Gasteiger partial charge on any atom is -0.490 e. The molecule has 0 aromatic heterocycles. The molecule has 0 spiro atoms. The van der Waals surface area contributed by atoms with Crippen molar-refractivity contribution in [3.8, 4) is 5.75 Å². The molecule has 1 amide bonds. The van der Waals surface area contributed by atoms with Crippen molar-refractivity contribution in [2.75, 3.05) is 20.2 Å². The topological polar surface area (TPSA) is 66.8 Å². The fraction of sp³-hybridized carbons (Fsp3) is 0.214. The zero-order valence-electron chi connectivity index (χ0n) is 18.8. The number of carbonyl (C=O) groups excluding carboxylic acids is 1. The number of benzene rings is 3. The Morgan fingerprint density at radius 3 is 2.18 bits per heavy atom. The Morgan fingerprint density at radius 2 is 1.52 bits per heavy atom. The van der Waals surface area contributed by atoms with Gasteiger partial charge in [0.05, 0.1) is 12.8 Å². The van der Waals surface area contributed by atoms with Gasteiger partial charge in [-0.15, -0.1) is 0 Å². The molecule has 3 aromatic carbocycles. The second kappa shape index (κ2) is 12.2. The van der Waals surface area contributed by atoms with E-state index < -0.39 is 5.97 Å². The Kier molecular flexibility index (Phi) is 8.83. The largest absolute Gasteiger partial charge is 0.490 e. The smallest absolute Gasteiger partial charge is 0.307 e. The van der Waals surface area contributed by atoms with E-state index in [4.69, 9.17) is 4.74 Å². The van der Waals surface area contributed by atoms with Crippen LogP contribution in [-0.2, 0) is 28.9 Å². The zero-order chi connectivity index (χ0) is 23.5. The summed E-state index contributed by atoms with van der Waals surface area (Å²) < 4.78 is 5.83. The molecule has 0 fully saturated rings. The number of hydrogen-bond donors (Lipinski definition) is 1. The third kappa shape index (κ3) is 8.30. The summed E-state index contributed by atoms with van der Waals surface area (Å²) in [5.74, 6) is -0.386. The lowest BCUT2D eigenvalue weighted by atomic mass is 10.0. The molecule has 0 aliphatic carbocycles. The van der Waals surface area contributed by atoms with Crippen LogP contribution in [0.5, 0.6) is 5.75 Å². The van der Waals surface area contributed by atoms with E-state index in [1.165, 1.54) is 5.56 Å². The van der Waals surface area contributed by atoms with E-state index in [-0.39, 0.29) is 18.7 Å². The summed E-state index contributed by atoms with van der Waals surface area (Å²) in [6.07, 6.45) is 4.72. The normalized spacial score (nSPS) is 10.8. The van der Waals surface area contributed by atoms with E-state index >= 15 is 0 Å². The van der Waals surface area contributed by atoms with Gasteiger partial charge in [0.2, 0.25) is 5.91 Å². The number of likely N-dealkylation sites (N-methyl/N-ethyl adjacent to an activating group) is 1. The number of carboxylic acids is 1. The van der Waals surface area contributed by atoms with Crippen molar-refractivity contribution in [1.82, 2.24) is 4.90 Å². The van der Waals surface area contributed by atoms with Crippen LogP contribution in [0, 0.1) is 0 Å². The molecule has 0 heterocycles. The van der Waals surface area contributed by atoms with Gasteiger partial charge < -0.3 is 14.7 Å². The Hall–Kier alpha value is -3.86. The van der Waals surface area contributed by atoms with E-state index in [2.05, 4.69) is 0 Å². The Labute approximate surface area is 194 Å². The third-order valence-corrected chi connectivity index (χ3v) is 5.20. The predicted octanol–water partition coefficient (Wildman–Crippen LogP) is 4.65. The average molecular weight is 444 g/mol. The number of hydrogen-bond acceptors (Lipinski definition) is 3. The van der Waals surface area contributed by atoms with Crippen LogP contribution in [0.4, 0.5) is 0 Å². The molecule has 1 N–H and O–H groups in total. The second-order valence-electron chi connectivity index (χ2n) is 7.91. The molecule has 170 valence electrons. The van der Waals surface area contributed by atoms with Crippen molar-refractivity contribution in [1.29, 1.82) is 0 Å². The summed E-state index contributed by atoms with van der Waals surface area (Å²) in [6.45, 7) is 0.959. The molecule has 0 atom stereocenters. The number of amides is 1. The van der Waals surface area contributed by atoms with Gasteiger partial charge in [-0.25, -0.2) is 0 Å². The van der Waals surface area contributed by atoms with Crippen LogP contribution in [0.25, 0.3) is 6.08 Å². The first-order chi connectivity index (χ1) is 16.0. The highest BCUT2D eigenvalue weighted by atomic mass is 16.5. The van der Waals surface area contributed by atoms with E-state index in [9.17, 15) is 14.7 Å². The molecule has 5 heteroatoms. The number of carbonyl (C=O) groups is 2. The molecule has 0 aliphatic rings. The second-order valence-corrected chi connectivity index (χ2v) is 7.91. The minimum atomic E-state index is -0.923. The van der Waals surface area contributed by atoms with Gasteiger partial charge in [-0.1, -0.05) is 72.8 Å². The standard InChI is InChI=1S/C28H29NO4/c1-29(15-14-23-11-6-3-7-12-23)27(30)20-24-17-25(21-28(31)32)19-26(18-24)33-16-8-13-22-9-4-2-5-10-22/h2-13,17-19H,14-16,20-21H2,1H3,(H,31,32). The highest BCUT2D eigenvalue weighted by Gasteiger charge is 2.13. The predicted molar refractivity (Wildman–Crippen MR) is 130 cm³/mol. The van der Waals surface area contributed by atoms with Crippen molar-refractivity contribution in [2.24, 2.45) is 0 Å². The maximum Gasteiger partial charge on any atom is 0.307 e. The van der Waals surface area contributed by atoms with Crippen LogP contribution in [0.15, 0.2) is 84.9 Å². The molecular formula is C28H29NO4. The van der Waals surface area contributed by atoms with Gasteiger partial charge in [-0.3, -0.25) is 9.59 Å². The molecule has 33 heavy (non-hydrogen) atoms. The van der Waals surface area contributed by atoms with Crippen LogP contribution in [0.3, 0.4) is 0 Å². The number of carboxylic acid groups (broad SMARTS) is 1. The fourth-order valence-electron chi connectivity index (χ4n) is 3.46. The molecule has 0 radical (unpaired) electrons. The van der Waals surface area contributed by atoms with Crippen LogP contribution in [0.2, 0.25) is 0 Å². The molecule has 0 saturated carbocycles. The Morgan fingerprint density at radius 1 is 0.879 bits per heavy atom. The zero-order valence-corrected chi connectivity index (χ0v) is 18.8. The number of nitrogens with zero attached hydrogens (tertiary/aromatic N) is 1. The Balaban J connectivity index is 1.62. The summed E-state index contributed by atoms with van der Waals surface area (Å²) in [5.41, 5.74) is 3.61. The molecule has 0 saturated heterocycles. The summed E-state index contributed by atoms with van der Waals surface area (Å²) in [5, 5.41) is 9.21. The lowest BCUT2D eigenvalue weighted by Gasteiger charge is -2.18. The number of aliphatic carboxylic acids is 1. The molecule has 0 bridgehead atoms. The van der Waals surface area contributed by atoms with Crippen LogP contribution in [-0.4, -0.2) is 42.1 Å². The first-order valence-corrected chi connectivity index (χ1v) is 11.0. The summed E-state index contributed by atoms with van der Waals surface area (Å²) in [7, 11) is 1.79. The van der Waals surface area contributed by atoms with Gasteiger partial charge in [0, 0.05) is 13.6 Å². The summed E-state index contributed by atoms with van der Waals surface area (Å²) >= 11 is 0. The van der Waals surface area contributed by atoms with Crippen LogP contribution >= 0.6 is 0 Å². The first-order valence-electron chi connectivity index (χ1n) is 11.0. The maximum absolute atomic E-state index is 12.8. The molecule has 0 aliphatic heterocycles. The molecular weight excluding hydrogens is 414 g/mol. The van der Waals surface area contributed by atoms with Crippen molar-refractivity contribution < 1.29 is 19.4 Å². The van der Waals surface area contributed by atoms with E-state index in [1.54, 1.807) is 24.1 Å². The van der Waals surface area contributed by atoms with Crippen LogP contribution in [0.1, 0.15) is 22.3 Å². The highest BCUT2D eigenvalue weighted by Crippen LogP contribution is 2.19. The Bertz CT molecular complexity index is 1080. The molecule has 3 aromatic rings. The summed E-state index contributed by atoms with van der Waals surface area (Å²) in [6, 6.07) is 25.2. The van der Waals surface area contributed by atoms with E-state index in [1.807, 2.05) is 78.9 Å². The van der Waals surface area contributed by atoms with Crippen molar-refractivity contribution >= 4 is 18.0 Å². The van der Waals surface area contributed by atoms with E-state index in [0.29, 0.717) is 24.5 Å². The van der Waals surface area contributed by atoms with Crippen molar-refractivity contribution in [3.05, 3.63) is 107 Å². The molecule has 5 nitrogen and oxygen atoms in total. The highest BCUT2D eigenvalue weighted by molar-refractivity contribution is 5.79. The lowest BCUT2D eigenvalue weighted by Crippen LogP contribution is -2.30. The fourth-order valence-corrected chi connectivity index (χ4v) is 3.46. The van der Waals surface area contributed by atoms with Gasteiger partial charge in [0.25, 0.3) is 0 Å². The average Bonchev–Trinajstić information content (AvgIpc) is 2.81. The molecule has 3 rings (SSSR count). The maximum atomic E-state index is 12.8. The monoisotopic (exact) mass is 443 g/mol. The number of ether oxygens (including phenoxy) is 1. The number of rotatable bonds is 11. The van der Waals surface area contributed by atoms with Gasteiger partial charge >= 0.3 is 5.97 Å². The van der Waals surface area contributed by atoms with Crippen molar-refractivity contribution in [2.45, 2.75) is 19.3 Å².